The summed E-state index contributed by atoms with van der Waals surface area (Å²) >= 11 is 0. The van der Waals surface area contributed by atoms with Crippen molar-refractivity contribution in [3.8, 4) is 11.1 Å². The number of carbonyl (C=O) groups is 1. The Balaban J connectivity index is 1.83. The van der Waals surface area contributed by atoms with Crippen LogP contribution < -0.4 is 0 Å². The van der Waals surface area contributed by atoms with Gasteiger partial charge in [-0.3, -0.25) is 4.98 Å². The normalized spacial score (nSPS) is 18.6. The van der Waals surface area contributed by atoms with Crippen LogP contribution in [0.1, 0.15) is 34.8 Å². The molecule has 3 rings (SSSR count). The third-order valence-electron chi connectivity index (χ3n) is 4.84. The molecular weight excluding hydrogens is 366 g/mol. The van der Waals surface area contributed by atoms with Crippen molar-refractivity contribution < 1.29 is 18.3 Å². The third kappa shape index (κ3) is 4.02. The largest absolute Gasteiger partial charge is 0.478 e. The van der Waals surface area contributed by atoms with Crippen LogP contribution in [0.4, 0.5) is 0 Å². The highest BCUT2D eigenvalue weighted by molar-refractivity contribution is 7.86. The number of hydrogen-bond donors (Lipinski definition) is 1. The average Bonchev–Trinajstić information content (AvgIpc) is 2.68. The number of pyridine rings is 1. The molecular formula is C19H23N3O4S. The summed E-state index contributed by atoms with van der Waals surface area (Å²) in [6, 6.07) is 10.5. The minimum Gasteiger partial charge on any atom is -0.478 e. The molecule has 0 amide bonds. The van der Waals surface area contributed by atoms with Gasteiger partial charge >= 0.3 is 5.97 Å². The van der Waals surface area contributed by atoms with Crippen LogP contribution >= 0.6 is 0 Å². The molecule has 1 atom stereocenters. The number of aromatic carboxylic acids is 1. The highest BCUT2D eigenvalue weighted by Gasteiger charge is 2.31. The Bertz CT molecular complexity index is 926. The Morgan fingerprint density at radius 1 is 1.22 bits per heavy atom. The predicted octanol–water partition coefficient (Wildman–Crippen LogP) is 2.43. The third-order valence-corrected chi connectivity index (χ3v) is 6.75. The Morgan fingerprint density at radius 2 is 1.96 bits per heavy atom. The van der Waals surface area contributed by atoms with Gasteiger partial charge in [0.2, 0.25) is 0 Å². The highest BCUT2D eigenvalue weighted by Crippen LogP contribution is 2.29. The molecule has 0 bridgehead atoms. The van der Waals surface area contributed by atoms with Crippen molar-refractivity contribution in [1.82, 2.24) is 13.6 Å². The molecule has 1 N–H and O–H groups in total. The fourth-order valence-corrected chi connectivity index (χ4v) is 4.54. The summed E-state index contributed by atoms with van der Waals surface area (Å²) in [5.74, 6) is -0.955. The minimum atomic E-state index is -3.43. The number of hydrogen-bond acceptors (Lipinski definition) is 4. The lowest BCUT2D eigenvalue weighted by atomic mass is 9.94. The molecule has 0 spiro atoms. The molecule has 0 radical (unpaired) electrons. The Labute approximate surface area is 159 Å². The lowest BCUT2D eigenvalue weighted by Crippen LogP contribution is -2.45. The standard InChI is InChI=1S/C19H23N3O4S/c1-21(2)27(25,26)22-11-5-6-15(13-22)18-10-9-14(12-20-18)16-7-3-4-8-17(16)19(23)24/h3-4,7-10,12,15H,5-6,11,13H2,1-2H3,(H,23,24). The first-order chi connectivity index (χ1) is 12.8. The van der Waals surface area contributed by atoms with Crippen molar-refractivity contribution in [2.45, 2.75) is 18.8 Å². The van der Waals surface area contributed by atoms with E-state index in [1.807, 2.05) is 12.1 Å². The summed E-state index contributed by atoms with van der Waals surface area (Å²) in [5.41, 5.74) is 2.40. The fraction of sp³-hybridized carbons (Fsp3) is 0.368. The molecule has 2 aromatic rings. The van der Waals surface area contributed by atoms with Gasteiger partial charge in [-0.25, -0.2) is 4.79 Å². The van der Waals surface area contributed by atoms with E-state index in [0.29, 0.717) is 18.7 Å². The second-order valence-corrected chi connectivity index (χ2v) is 8.95. The molecule has 0 saturated carbocycles. The molecule has 1 fully saturated rings. The predicted molar refractivity (Wildman–Crippen MR) is 103 cm³/mol. The highest BCUT2D eigenvalue weighted by atomic mass is 32.2. The minimum absolute atomic E-state index is 0.0252. The molecule has 1 aromatic heterocycles. The van der Waals surface area contributed by atoms with Crippen LogP contribution in [0.15, 0.2) is 42.6 Å². The van der Waals surface area contributed by atoms with Crippen LogP contribution in [0.5, 0.6) is 0 Å². The molecule has 1 unspecified atom stereocenters. The zero-order valence-electron chi connectivity index (χ0n) is 15.4. The smallest absolute Gasteiger partial charge is 0.336 e. The van der Waals surface area contributed by atoms with Crippen LogP contribution in [0.2, 0.25) is 0 Å². The second-order valence-electron chi connectivity index (χ2n) is 6.81. The average molecular weight is 389 g/mol. The van der Waals surface area contributed by atoms with Gasteiger partial charge < -0.3 is 5.11 Å². The van der Waals surface area contributed by atoms with Crippen molar-refractivity contribution in [2.24, 2.45) is 0 Å². The number of carboxylic acids is 1. The summed E-state index contributed by atoms with van der Waals surface area (Å²) in [6.07, 6.45) is 3.32. The number of rotatable bonds is 5. The van der Waals surface area contributed by atoms with Crippen molar-refractivity contribution in [3.05, 3.63) is 53.9 Å². The topological polar surface area (TPSA) is 90.8 Å². The zero-order valence-corrected chi connectivity index (χ0v) is 16.2. The van der Waals surface area contributed by atoms with E-state index in [1.54, 1.807) is 30.5 Å². The van der Waals surface area contributed by atoms with Crippen molar-refractivity contribution in [1.29, 1.82) is 0 Å². The van der Waals surface area contributed by atoms with Gasteiger partial charge in [-0.1, -0.05) is 24.3 Å². The summed E-state index contributed by atoms with van der Waals surface area (Å²) in [7, 11) is -0.366. The Hall–Kier alpha value is -2.29. The first-order valence-corrected chi connectivity index (χ1v) is 10.2. The van der Waals surface area contributed by atoms with Crippen molar-refractivity contribution >= 4 is 16.2 Å². The van der Waals surface area contributed by atoms with Gasteiger partial charge in [0.1, 0.15) is 0 Å². The van der Waals surface area contributed by atoms with Gasteiger partial charge in [-0.2, -0.15) is 17.0 Å². The zero-order chi connectivity index (χ0) is 19.6. The van der Waals surface area contributed by atoms with E-state index in [4.69, 9.17) is 0 Å². The number of benzene rings is 1. The molecule has 7 nitrogen and oxygen atoms in total. The van der Waals surface area contributed by atoms with E-state index in [-0.39, 0.29) is 11.5 Å². The number of piperidine rings is 1. The molecule has 1 saturated heterocycles. The quantitative estimate of drug-likeness (QED) is 0.848. The van der Waals surface area contributed by atoms with Crippen LogP contribution in [0.3, 0.4) is 0 Å². The first-order valence-electron chi connectivity index (χ1n) is 8.77. The lowest BCUT2D eigenvalue weighted by Gasteiger charge is -2.33. The number of aromatic nitrogens is 1. The maximum atomic E-state index is 12.4. The van der Waals surface area contributed by atoms with Gasteiger partial charge in [0.05, 0.1) is 5.56 Å². The van der Waals surface area contributed by atoms with E-state index < -0.39 is 16.2 Å². The fourth-order valence-electron chi connectivity index (χ4n) is 3.35. The lowest BCUT2D eigenvalue weighted by molar-refractivity contribution is 0.0697. The van der Waals surface area contributed by atoms with E-state index in [0.717, 1.165) is 24.1 Å². The molecule has 0 aliphatic carbocycles. The van der Waals surface area contributed by atoms with E-state index in [2.05, 4.69) is 4.98 Å². The van der Waals surface area contributed by atoms with E-state index in [1.165, 1.54) is 22.7 Å². The molecule has 1 aliphatic rings. The SMILES string of the molecule is CN(C)S(=O)(=O)N1CCCC(c2ccc(-c3ccccc3C(=O)O)cn2)C1. The second kappa shape index (κ2) is 7.75. The molecule has 1 aliphatic heterocycles. The summed E-state index contributed by atoms with van der Waals surface area (Å²) in [4.78, 5) is 15.9. The number of carboxylic acid groups (broad SMARTS) is 1. The van der Waals surface area contributed by atoms with Crippen molar-refractivity contribution in [2.75, 3.05) is 27.2 Å². The summed E-state index contributed by atoms with van der Waals surface area (Å²) in [6.45, 7) is 0.916. The maximum absolute atomic E-state index is 12.4. The summed E-state index contributed by atoms with van der Waals surface area (Å²) < 4.78 is 27.5. The Kier molecular flexibility index (Phi) is 5.59. The molecule has 1 aromatic carbocycles. The summed E-state index contributed by atoms with van der Waals surface area (Å²) in [5, 5.41) is 9.35. The molecule has 2 heterocycles. The molecule has 27 heavy (non-hydrogen) atoms. The molecule has 8 heteroatoms. The maximum Gasteiger partial charge on any atom is 0.336 e. The van der Waals surface area contributed by atoms with E-state index >= 15 is 0 Å². The monoisotopic (exact) mass is 389 g/mol. The van der Waals surface area contributed by atoms with Crippen LogP contribution in [0.25, 0.3) is 11.1 Å². The van der Waals surface area contributed by atoms with Gasteiger partial charge in [-0.05, 0) is 30.5 Å². The van der Waals surface area contributed by atoms with Gasteiger partial charge in [-0.15, -0.1) is 0 Å². The Morgan fingerprint density at radius 3 is 2.59 bits per heavy atom. The van der Waals surface area contributed by atoms with Gasteiger partial charge in [0, 0.05) is 50.6 Å². The van der Waals surface area contributed by atoms with Gasteiger partial charge in [0.15, 0.2) is 0 Å². The van der Waals surface area contributed by atoms with Crippen LogP contribution in [-0.2, 0) is 10.2 Å². The molecule has 144 valence electrons. The van der Waals surface area contributed by atoms with E-state index in [9.17, 15) is 18.3 Å². The first kappa shape index (κ1) is 19.5. The number of nitrogens with zero attached hydrogens (tertiary/aromatic N) is 3. The van der Waals surface area contributed by atoms with Crippen LogP contribution in [-0.4, -0.2) is 60.3 Å². The van der Waals surface area contributed by atoms with Crippen molar-refractivity contribution in [3.63, 3.8) is 0 Å². The van der Waals surface area contributed by atoms with Crippen LogP contribution in [0, 0.1) is 0 Å². The van der Waals surface area contributed by atoms with Gasteiger partial charge in [0.25, 0.3) is 10.2 Å².